The van der Waals surface area contributed by atoms with Gasteiger partial charge in [-0.1, -0.05) is 24.3 Å². The number of H-pyrrole nitrogens is 1. The minimum absolute atomic E-state index is 0.245. The first kappa shape index (κ1) is 11.7. The molecule has 0 radical (unpaired) electrons. The third-order valence-corrected chi connectivity index (χ3v) is 3.79. The topological polar surface area (TPSA) is 56.6 Å². The molecule has 3 nitrogen and oxygen atoms in total. The molecule has 0 spiro atoms. The van der Waals surface area contributed by atoms with E-state index in [0.29, 0.717) is 0 Å². The molecule has 0 aliphatic heterocycles. The van der Waals surface area contributed by atoms with E-state index in [0.717, 1.165) is 47.2 Å². The van der Waals surface area contributed by atoms with Crippen LogP contribution in [0, 0.1) is 18.3 Å². The van der Waals surface area contributed by atoms with Gasteiger partial charge in [0, 0.05) is 11.3 Å². The molecule has 1 heterocycles. The molecular formula is C16H14N2O. The molecule has 1 aliphatic carbocycles. The van der Waals surface area contributed by atoms with Crippen molar-refractivity contribution in [2.45, 2.75) is 26.2 Å². The van der Waals surface area contributed by atoms with E-state index < -0.39 is 0 Å². The largest absolute Gasteiger partial charge is 0.325 e. The number of nitrogens with zero attached hydrogens (tertiary/aromatic N) is 1. The Kier molecular flexibility index (Phi) is 2.72. The van der Waals surface area contributed by atoms with Gasteiger partial charge >= 0.3 is 0 Å². The Labute approximate surface area is 111 Å². The first-order chi connectivity index (χ1) is 9.22. The molecule has 0 amide bonds. The molecule has 94 valence electrons. The van der Waals surface area contributed by atoms with E-state index >= 15 is 0 Å². The van der Waals surface area contributed by atoms with Gasteiger partial charge in [0.25, 0.3) is 5.56 Å². The average Bonchev–Trinajstić information content (AvgIpc) is 2.85. The monoisotopic (exact) mass is 250 g/mol. The van der Waals surface area contributed by atoms with Crippen LogP contribution in [0.15, 0.2) is 29.1 Å². The zero-order valence-corrected chi connectivity index (χ0v) is 10.8. The van der Waals surface area contributed by atoms with Crippen LogP contribution in [0.3, 0.4) is 0 Å². The number of nitrogens with one attached hydrogen (secondary N) is 1. The van der Waals surface area contributed by atoms with Gasteiger partial charge in [0.05, 0.1) is 0 Å². The molecule has 2 aromatic rings. The highest BCUT2D eigenvalue weighted by atomic mass is 16.1. The summed E-state index contributed by atoms with van der Waals surface area (Å²) < 4.78 is 0. The van der Waals surface area contributed by atoms with Crippen molar-refractivity contribution >= 4 is 0 Å². The number of hydrogen-bond donors (Lipinski definition) is 1. The summed E-state index contributed by atoms with van der Waals surface area (Å²) in [5.74, 6) is 0. The molecule has 0 saturated heterocycles. The van der Waals surface area contributed by atoms with Gasteiger partial charge in [0.1, 0.15) is 11.6 Å². The van der Waals surface area contributed by atoms with E-state index in [1.54, 1.807) is 0 Å². The quantitative estimate of drug-likeness (QED) is 0.846. The van der Waals surface area contributed by atoms with Crippen molar-refractivity contribution < 1.29 is 0 Å². The van der Waals surface area contributed by atoms with E-state index in [1.165, 1.54) is 0 Å². The number of nitriles is 1. The normalized spacial score (nSPS) is 13.1. The summed E-state index contributed by atoms with van der Waals surface area (Å²) in [5.41, 5.74) is 5.07. The Bertz CT molecular complexity index is 750. The molecular weight excluding hydrogens is 236 g/mol. The van der Waals surface area contributed by atoms with Crippen LogP contribution >= 0.6 is 0 Å². The Morgan fingerprint density at radius 3 is 2.79 bits per heavy atom. The lowest BCUT2D eigenvalue weighted by molar-refractivity contribution is 0.897. The highest BCUT2D eigenvalue weighted by molar-refractivity contribution is 5.77. The van der Waals surface area contributed by atoms with Crippen LogP contribution in [-0.2, 0) is 12.8 Å². The highest BCUT2D eigenvalue weighted by Crippen LogP contribution is 2.33. The zero-order valence-electron chi connectivity index (χ0n) is 10.8. The molecule has 0 saturated carbocycles. The summed E-state index contributed by atoms with van der Waals surface area (Å²) in [7, 11) is 0. The lowest BCUT2D eigenvalue weighted by atomic mass is 9.92. The van der Waals surface area contributed by atoms with Gasteiger partial charge in [0.2, 0.25) is 0 Å². The number of pyridine rings is 1. The van der Waals surface area contributed by atoms with Crippen LogP contribution in [0.4, 0.5) is 0 Å². The molecule has 19 heavy (non-hydrogen) atoms. The summed E-state index contributed by atoms with van der Waals surface area (Å²) in [6.45, 7) is 2.01. The van der Waals surface area contributed by atoms with E-state index in [1.807, 2.05) is 31.2 Å². The molecule has 1 aliphatic rings. The molecule has 1 N–H and O–H groups in total. The number of fused-ring (bicyclic) bond motifs is 1. The fraction of sp³-hybridized carbons (Fsp3) is 0.250. The van der Waals surface area contributed by atoms with Crippen molar-refractivity contribution in [3.63, 3.8) is 0 Å². The predicted molar refractivity (Wildman–Crippen MR) is 74.0 cm³/mol. The van der Waals surface area contributed by atoms with Crippen LogP contribution in [0.5, 0.6) is 0 Å². The Balaban J connectivity index is 2.41. The second kappa shape index (κ2) is 4.40. The van der Waals surface area contributed by atoms with Crippen molar-refractivity contribution in [2.75, 3.05) is 0 Å². The van der Waals surface area contributed by atoms with E-state index in [9.17, 15) is 10.1 Å². The molecule has 3 rings (SSSR count). The first-order valence-electron chi connectivity index (χ1n) is 6.46. The number of aromatic amines is 1. The first-order valence-corrected chi connectivity index (χ1v) is 6.46. The predicted octanol–water partition coefficient (Wildman–Crippen LogP) is 2.71. The SMILES string of the molecule is Cc1ccccc1-c1c2c([nH]c(=O)c1C#N)CCC2. The van der Waals surface area contributed by atoms with Crippen molar-refractivity contribution in [1.29, 1.82) is 5.26 Å². The van der Waals surface area contributed by atoms with Crippen molar-refractivity contribution in [2.24, 2.45) is 0 Å². The number of hydrogen-bond acceptors (Lipinski definition) is 2. The lowest BCUT2D eigenvalue weighted by Gasteiger charge is -2.12. The van der Waals surface area contributed by atoms with Crippen LogP contribution in [0.2, 0.25) is 0 Å². The third kappa shape index (κ3) is 1.77. The van der Waals surface area contributed by atoms with Crippen molar-refractivity contribution in [1.82, 2.24) is 4.98 Å². The summed E-state index contributed by atoms with van der Waals surface area (Å²) in [6.07, 6.45) is 2.87. The van der Waals surface area contributed by atoms with E-state index in [4.69, 9.17) is 0 Å². The van der Waals surface area contributed by atoms with Crippen LogP contribution < -0.4 is 5.56 Å². The minimum Gasteiger partial charge on any atom is -0.325 e. The molecule has 3 heteroatoms. The number of aryl methyl sites for hydroxylation is 2. The Hall–Kier alpha value is -2.34. The molecule has 0 atom stereocenters. The maximum absolute atomic E-state index is 12.0. The van der Waals surface area contributed by atoms with Gasteiger partial charge in [-0.15, -0.1) is 0 Å². The van der Waals surface area contributed by atoms with Gasteiger partial charge in [0.15, 0.2) is 0 Å². The third-order valence-electron chi connectivity index (χ3n) is 3.79. The highest BCUT2D eigenvalue weighted by Gasteiger charge is 2.22. The summed E-state index contributed by atoms with van der Waals surface area (Å²) >= 11 is 0. The summed E-state index contributed by atoms with van der Waals surface area (Å²) in [5, 5.41) is 9.31. The molecule has 0 bridgehead atoms. The van der Waals surface area contributed by atoms with Gasteiger partial charge in [-0.2, -0.15) is 5.26 Å². The van der Waals surface area contributed by atoms with Crippen LogP contribution in [0.25, 0.3) is 11.1 Å². The summed E-state index contributed by atoms with van der Waals surface area (Å²) in [4.78, 5) is 14.9. The fourth-order valence-corrected chi connectivity index (χ4v) is 2.88. The lowest BCUT2D eigenvalue weighted by Crippen LogP contribution is -2.15. The van der Waals surface area contributed by atoms with E-state index in [-0.39, 0.29) is 11.1 Å². The average molecular weight is 250 g/mol. The van der Waals surface area contributed by atoms with Crippen LogP contribution in [-0.4, -0.2) is 4.98 Å². The maximum atomic E-state index is 12.0. The smallest absolute Gasteiger partial charge is 0.266 e. The molecule has 1 aromatic carbocycles. The number of rotatable bonds is 1. The van der Waals surface area contributed by atoms with Gasteiger partial charge in [-0.3, -0.25) is 4.79 Å². The Morgan fingerprint density at radius 2 is 2.05 bits per heavy atom. The number of aromatic nitrogens is 1. The fourth-order valence-electron chi connectivity index (χ4n) is 2.88. The zero-order chi connectivity index (χ0) is 13.4. The second-order valence-corrected chi connectivity index (χ2v) is 4.94. The molecule has 0 unspecified atom stereocenters. The second-order valence-electron chi connectivity index (χ2n) is 4.94. The summed E-state index contributed by atoms with van der Waals surface area (Å²) in [6, 6.07) is 10.00. The van der Waals surface area contributed by atoms with Crippen molar-refractivity contribution in [3.05, 3.63) is 57.0 Å². The number of benzene rings is 1. The molecule has 0 fully saturated rings. The molecule has 1 aromatic heterocycles. The van der Waals surface area contributed by atoms with Crippen LogP contribution in [0.1, 0.15) is 28.8 Å². The van der Waals surface area contributed by atoms with E-state index in [2.05, 4.69) is 11.1 Å². The van der Waals surface area contributed by atoms with Gasteiger partial charge in [-0.25, -0.2) is 0 Å². The minimum atomic E-state index is -0.263. The van der Waals surface area contributed by atoms with Crippen molar-refractivity contribution in [3.8, 4) is 17.2 Å². The van der Waals surface area contributed by atoms with Gasteiger partial charge in [-0.05, 0) is 42.9 Å². The maximum Gasteiger partial charge on any atom is 0.266 e. The standard InChI is InChI=1S/C16H14N2O/c1-10-5-2-3-6-11(10)15-12-7-4-8-14(12)18-16(19)13(15)9-17/h2-3,5-6H,4,7-8H2,1H3,(H,18,19). The Morgan fingerprint density at radius 1 is 1.26 bits per heavy atom. The van der Waals surface area contributed by atoms with Gasteiger partial charge < -0.3 is 4.98 Å².